The second kappa shape index (κ2) is 3.91. The summed E-state index contributed by atoms with van der Waals surface area (Å²) in [6, 6.07) is 0. The maximum Gasteiger partial charge on any atom is 0.309 e. The molecule has 5 heteroatoms. The van der Waals surface area contributed by atoms with Crippen LogP contribution < -0.4 is 0 Å². The van der Waals surface area contributed by atoms with Gasteiger partial charge in [0, 0.05) is 0 Å². The molecule has 0 aromatic rings. The molecule has 1 heterocycles. The van der Waals surface area contributed by atoms with Crippen LogP contribution in [-0.2, 0) is 19.4 Å². The third-order valence-electron chi connectivity index (χ3n) is 1.80. The fraction of sp³-hybridized carbons (Fsp3) is 0.625. The van der Waals surface area contributed by atoms with E-state index in [4.69, 9.17) is 4.74 Å². The van der Waals surface area contributed by atoms with Gasteiger partial charge in [-0.2, -0.15) is 0 Å². The van der Waals surface area contributed by atoms with Gasteiger partial charge in [-0.1, -0.05) is 6.08 Å². The van der Waals surface area contributed by atoms with Crippen molar-refractivity contribution in [1.82, 2.24) is 0 Å². The van der Waals surface area contributed by atoms with E-state index in [0.717, 1.165) is 0 Å². The number of hydrogen-bond donors (Lipinski definition) is 0. The third-order valence-corrected chi connectivity index (χ3v) is 3.54. The minimum Gasteiger partial charge on any atom is -0.461 e. The number of sulfone groups is 1. The molecule has 1 aliphatic rings. The molecular weight excluding hydrogens is 192 g/mol. The Morgan fingerprint density at radius 1 is 1.62 bits per heavy atom. The smallest absolute Gasteiger partial charge is 0.309 e. The lowest BCUT2D eigenvalue weighted by Gasteiger charge is -2.08. The van der Waals surface area contributed by atoms with Crippen molar-refractivity contribution in [2.45, 2.75) is 18.9 Å². The zero-order valence-corrected chi connectivity index (χ0v) is 8.05. The first-order valence-electron chi connectivity index (χ1n) is 4.04. The van der Waals surface area contributed by atoms with Crippen molar-refractivity contribution in [2.75, 3.05) is 11.5 Å². The van der Waals surface area contributed by atoms with Gasteiger partial charge in [-0.05, 0) is 6.42 Å². The maximum atomic E-state index is 11.0. The highest BCUT2D eigenvalue weighted by Crippen LogP contribution is 2.15. The molecule has 0 saturated carbocycles. The zero-order chi connectivity index (χ0) is 9.90. The van der Waals surface area contributed by atoms with Gasteiger partial charge < -0.3 is 4.74 Å². The molecule has 0 bridgehead atoms. The van der Waals surface area contributed by atoms with Gasteiger partial charge in [0.05, 0.1) is 17.9 Å². The number of carbonyl (C=O) groups excluding carboxylic acids is 1. The molecule has 1 rings (SSSR count). The summed E-state index contributed by atoms with van der Waals surface area (Å²) in [6.45, 7) is 3.38. The molecule has 0 aromatic heterocycles. The molecule has 1 saturated heterocycles. The molecule has 0 amide bonds. The van der Waals surface area contributed by atoms with E-state index in [-0.39, 0.29) is 17.9 Å². The highest BCUT2D eigenvalue weighted by Gasteiger charge is 2.30. The van der Waals surface area contributed by atoms with Crippen LogP contribution in [0.5, 0.6) is 0 Å². The lowest BCUT2D eigenvalue weighted by molar-refractivity contribution is -0.146. The van der Waals surface area contributed by atoms with Crippen molar-refractivity contribution >= 4 is 15.8 Å². The predicted octanol–water partition coefficient (Wildman–Crippen LogP) is 0.293. The summed E-state index contributed by atoms with van der Waals surface area (Å²) < 4.78 is 26.8. The van der Waals surface area contributed by atoms with Crippen LogP contribution in [0, 0.1) is 0 Å². The average Bonchev–Trinajstić information content (AvgIpc) is 2.30. The molecule has 1 aliphatic heterocycles. The Bertz CT molecular complexity index is 304. The van der Waals surface area contributed by atoms with Crippen molar-refractivity contribution < 1.29 is 17.9 Å². The minimum atomic E-state index is -2.96. The molecule has 4 nitrogen and oxygen atoms in total. The highest BCUT2D eigenvalue weighted by molar-refractivity contribution is 7.91. The quantitative estimate of drug-likeness (QED) is 0.490. The second-order valence-electron chi connectivity index (χ2n) is 3.01. The van der Waals surface area contributed by atoms with Crippen LogP contribution in [0.3, 0.4) is 0 Å². The molecule has 0 spiro atoms. The summed E-state index contributed by atoms with van der Waals surface area (Å²) in [6.07, 6.45) is 1.55. The summed E-state index contributed by atoms with van der Waals surface area (Å²) in [5.41, 5.74) is 0. The minimum absolute atomic E-state index is 0.0319. The standard InChI is InChI=1S/C8H12O4S/c1-2-3-8(9)12-7-4-5-13(10,11)6-7/h2,7H,1,3-6H2. The second-order valence-corrected chi connectivity index (χ2v) is 5.24. The fourth-order valence-electron chi connectivity index (χ4n) is 1.21. The number of carbonyl (C=O) groups is 1. The van der Waals surface area contributed by atoms with E-state index in [0.29, 0.717) is 6.42 Å². The Hall–Kier alpha value is -0.840. The van der Waals surface area contributed by atoms with Crippen LogP contribution in [0.1, 0.15) is 12.8 Å². The van der Waals surface area contributed by atoms with Gasteiger partial charge in [-0.25, -0.2) is 8.42 Å². The van der Waals surface area contributed by atoms with E-state index >= 15 is 0 Å². The SMILES string of the molecule is C=CCC(=O)OC1CCS(=O)(=O)C1. The highest BCUT2D eigenvalue weighted by atomic mass is 32.2. The summed E-state index contributed by atoms with van der Waals surface area (Å²) in [4.78, 5) is 10.9. The molecule has 1 fully saturated rings. The fourth-order valence-corrected chi connectivity index (χ4v) is 2.80. The largest absolute Gasteiger partial charge is 0.461 e. The van der Waals surface area contributed by atoms with Crippen molar-refractivity contribution in [2.24, 2.45) is 0 Å². The van der Waals surface area contributed by atoms with Crippen molar-refractivity contribution in [3.05, 3.63) is 12.7 Å². The van der Waals surface area contributed by atoms with Gasteiger partial charge in [0.2, 0.25) is 0 Å². The van der Waals surface area contributed by atoms with Crippen LogP contribution in [0.15, 0.2) is 12.7 Å². The van der Waals surface area contributed by atoms with E-state index in [2.05, 4.69) is 6.58 Å². The Balaban J connectivity index is 2.40. The van der Waals surface area contributed by atoms with Crippen LogP contribution in [0.2, 0.25) is 0 Å². The Kier molecular flexibility index (Phi) is 3.08. The number of rotatable bonds is 3. The molecule has 0 N–H and O–H groups in total. The molecule has 1 unspecified atom stereocenters. The molecular formula is C8H12O4S. The van der Waals surface area contributed by atoms with E-state index < -0.39 is 21.9 Å². The average molecular weight is 204 g/mol. The molecule has 0 aromatic carbocycles. The summed E-state index contributed by atoms with van der Waals surface area (Å²) in [5, 5.41) is 0. The van der Waals surface area contributed by atoms with Gasteiger partial charge in [0.25, 0.3) is 0 Å². The first-order chi connectivity index (χ1) is 6.03. The van der Waals surface area contributed by atoms with Crippen LogP contribution in [0.25, 0.3) is 0 Å². The monoisotopic (exact) mass is 204 g/mol. The van der Waals surface area contributed by atoms with Gasteiger partial charge in [-0.3, -0.25) is 4.79 Å². The van der Waals surface area contributed by atoms with E-state index in [1.54, 1.807) is 0 Å². The van der Waals surface area contributed by atoms with Crippen LogP contribution in [0.4, 0.5) is 0 Å². The van der Waals surface area contributed by atoms with E-state index in [1.807, 2.05) is 0 Å². The van der Waals surface area contributed by atoms with Crippen LogP contribution in [-0.4, -0.2) is 32.0 Å². The topological polar surface area (TPSA) is 60.4 Å². The van der Waals surface area contributed by atoms with Crippen molar-refractivity contribution in [3.63, 3.8) is 0 Å². The first-order valence-corrected chi connectivity index (χ1v) is 5.86. The predicted molar refractivity (Wildman–Crippen MR) is 48.0 cm³/mol. The molecule has 0 aliphatic carbocycles. The zero-order valence-electron chi connectivity index (χ0n) is 7.23. The van der Waals surface area contributed by atoms with Gasteiger partial charge in [-0.15, -0.1) is 6.58 Å². The lowest BCUT2D eigenvalue weighted by atomic mass is 10.3. The van der Waals surface area contributed by atoms with E-state index in [1.165, 1.54) is 6.08 Å². The third kappa shape index (κ3) is 3.18. The van der Waals surface area contributed by atoms with Gasteiger partial charge >= 0.3 is 5.97 Å². The first kappa shape index (κ1) is 10.2. The summed E-state index contributed by atoms with van der Waals surface area (Å²) in [5.74, 6) is -0.313. The Morgan fingerprint density at radius 2 is 2.31 bits per heavy atom. The Morgan fingerprint density at radius 3 is 2.77 bits per heavy atom. The Labute approximate surface area is 77.5 Å². The molecule has 1 atom stereocenters. The normalized spacial score (nSPS) is 25.4. The van der Waals surface area contributed by atoms with Crippen LogP contribution >= 0.6 is 0 Å². The molecule has 0 radical (unpaired) electrons. The number of hydrogen-bond acceptors (Lipinski definition) is 4. The summed E-state index contributed by atoms with van der Waals surface area (Å²) >= 11 is 0. The lowest BCUT2D eigenvalue weighted by Crippen LogP contribution is -2.18. The number of esters is 1. The summed E-state index contributed by atoms with van der Waals surface area (Å²) in [7, 11) is -2.96. The van der Waals surface area contributed by atoms with Gasteiger partial charge in [0.1, 0.15) is 6.10 Å². The van der Waals surface area contributed by atoms with Crippen molar-refractivity contribution in [3.8, 4) is 0 Å². The number of ether oxygens (including phenoxy) is 1. The van der Waals surface area contributed by atoms with E-state index in [9.17, 15) is 13.2 Å². The molecule has 13 heavy (non-hydrogen) atoms. The van der Waals surface area contributed by atoms with Crippen molar-refractivity contribution in [1.29, 1.82) is 0 Å². The molecule has 74 valence electrons. The van der Waals surface area contributed by atoms with Gasteiger partial charge in [0.15, 0.2) is 9.84 Å². The maximum absolute atomic E-state index is 11.0.